The van der Waals surface area contributed by atoms with E-state index < -0.39 is 0 Å². The Hall–Kier alpha value is -2.20. The molecule has 0 aliphatic carbocycles. The van der Waals surface area contributed by atoms with Crippen LogP contribution in [-0.2, 0) is 5.75 Å². The zero-order chi connectivity index (χ0) is 16.2. The Labute approximate surface area is 140 Å². The summed E-state index contributed by atoms with van der Waals surface area (Å²) in [6, 6.07) is 17.4. The maximum absolute atomic E-state index is 12.4. The van der Waals surface area contributed by atoms with Crippen molar-refractivity contribution in [2.45, 2.75) is 18.7 Å². The minimum Gasteiger partial charge on any atom is -0.459 e. The molecular weight excluding hydrogens is 306 g/mol. The van der Waals surface area contributed by atoms with Gasteiger partial charge in [0.25, 0.3) is 5.91 Å². The molecular formula is C19H19NO2S. The second-order valence-electron chi connectivity index (χ2n) is 5.51. The lowest BCUT2D eigenvalue weighted by molar-refractivity contribution is 0.0935. The van der Waals surface area contributed by atoms with Gasteiger partial charge in [0.05, 0.1) is 6.04 Å². The number of carbonyl (C=O) groups is 1. The smallest absolute Gasteiger partial charge is 0.251 e. The number of carbonyl (C=O) groups excluding carboxylic acids is 1. The zero-order valence-corrected chi connectivity index (χ0v) is 14.0. The molecule has 3 nitrogen and oxygen atoms in total. The average Bonchev–Trinajstić information content (AvgIpc) is 3.00. The molecule has 0 radical (unpaired) electrons. The molecule has 2 aromatic carbocycles. The first-order valence-electron chi connectivity index (χ1n) is 7.54. The highest BCUT2D eigenvalue weighted by Crippen LogP contribution is 2.23. The maximum atomic E-state index is 12.4. The molecule has 0 saturated carbocycles. The van der Waals surface area contributed by atoms with Crippen LogP contribution in [0.25, 0.3) is 11.0 Å². The lowest BCUT2D eigenvalue weighted by atomic mass is 10.1. The normalized spacial score (nSPS) is 12.3. The zero-order valence-electron chi connectivity index (χ0n) is 13.2. The van der Waals surface area contributed by atoms with Gasteiger partial charge in [0.1, 0.15) is 11.3 Å². The van der Waals surface area contributed by atoms with E-state index in [1.54, 1.807) is 11.8 Å². The summed E-state index contributed by atoms with van der Waals surface area (Å²) in [5, 5.41) is 4.03. The van der Waals surface area contributed by atoms with Crippen LogP contribution in [0.1, 0.15) is 34.6 Å². The number of furan rings is 1. The van der Waals surface area contributed by atoms with Gasteiger partial charge in [0, 0.05) is 16.7 Å². The van der Waals surface area contributed by atoms with Gasteiger partial charge >= 0.3 is 0 Å². The van der Waals surface area contributed by atoms with Crippen molar-refractivity contribution >= 4 is 28.6 Å². The molecule has 1 atom stereocenters. The number of hydrogen-bond acceptors (Lipinski definition) is 3. The van der Waals surface area contributed by atoms with Gasteiger partial charge in [-0.05, 0) is 43.0 Å². The molecule has 0 saturated heterocycles. The van der Waals surface area contributed by atoms with Crippen LogP contribution < -0.4 is 5.32 Å². The van der Waals surface area contributed by atoms with Gasteiger partial charge < -0.3 is 9.73 Å². The van der Waals surface area contributed by atoms with Gasteiger partial charge in [0.15, 0.2) is 0 Å². The van der Waals surface area contributed by atoms with Gasteiger partial charge in [-0.25, -0.2) is 0 Å². The van der Waals surface area contributed by atoms with Crippen LogP contribution in [0.2, 0.25) is 0 Å². The average molecular weight is 325 g/mol. The number of nitrogens with one attached hydrogen (secondary N) is 1. The maximum Gasteiger partial charge on any atom is 0.251 e. The van der Waals surface area contributed by atoms with E-state index in [0.717, 1.165) is 22.5 Å². The van der Waals surface area contributed by atoms with E-state index in [1.165, 1.54) is 5.56 Å². The van der Waals surface area contributed by atoms with Crippen molar-refractivity contribution in [2.24, 2.45) is 0 Å². The molecule has 118 valence electrons. The summed E-state index contributed by atoms with van der Waals surface area (Å²) < 4.78 is 5.80. The van der Waals surface area contributed by atoms with Crippen LogP contribution in [-0.4, -0.2) is 12.2 Å². The summed E-state index contributed by atoms with van der Waals surface area (Å²) >= 11 is 1.77. The molecule has 1 N–H and O–H groups in total. The van der Waals surface area contributed by atoms with Gasteiger partial charge in [0.2, 0.25) is 0 Å². The molecule has 3 rings (SSSR count). The van der Waals surface area contributed by atoms with Crippen molar-refractivity contribution in [3.05, 3.63) is 71.5 Å². The minimum absolute atomic E-state index is 0.0892. The van der Waals surface area contributed by atoms with Gasteiger partial charge in [-0.2, -0.15) is 11.8 Å². The Kier molecular flexibility index (Phi) is 4.72. The Morgan fingerprint density at radius 1 is 1.17 bits per heavy atom. The molecule has 1 aromatic heterocycles. The molecule has 0 bridgehead atoms. The highest BCUT2D eigenvalue weighted by atomic mass is 32.2. The molecule has 0 aliphatic rings. The van der Waals surface area contributed by atoms with E-state index in [4.69, 9.17) is 4.42 Å². The lowest BCUT2D eigenvalue weighted by Crippen LogP contribution is -2.26. The largest absolute Gasteiger partial charge is 0.459 e. The molecule has 0 spiro atoms. The van der Waals surface area contributed by atoms with Crippen LogP contribution in [0.15, 0.2) is 59.0 Å². The fraction of sp³-hybridized carbons (Fsp3) is 0.211. The van der Waals surface area contributed by atoms with Gasteiger partial charge in [-0.3, -0.25) is 4.79 Å². The van der Waals surface area contributed by atoms with Crippen molar-refractivity contribution in [3.63, 3.8) is 0 Å². The fourth-order valence-corrected chi connectivity index (χ4v) is 3.01. The lowest BCUT2D eigenvalue weighted by Gasteiger charge is -2.11. The first kappa shape index (κ1) is 15.7. The number of hydrogen-bond donors (Lipinski definition) is 1. The van der Waals surface area contributed by atoms with E-state index in [1.807, 2.05) is 61.5 Å². The first-order chi connectivity index (χ1) is 11.2. The second-order valence-corrected chi connectivity index (χ2v) is 6.38. The van der Waals surface area contributed by atoms with Crippen molar-refractivity contribution in [1.29, 1.82) is 0 Å². The third-order valence-corrected chi connectivity index (χ3v) is 4.37. The molecule has 0 fully saturated rings. The first-order valence-corrected chi connectivity index (χ1v) is 8.94. The van der Waals surface area contributed by atoms with Crippen LogP contribution >= 0.6 is 11.8 Å². The molecule has 3 aromatic rings. The molecule has 23 heavy (non-hydrogen) atoms. The summed E-state index contributed by atoms with van der Waals surface area (Å²) in [4.78, 5) is 12.4. The summed E-state index contributed by atoms with van der Waals surface area (Å²) in [5.41, 5.74) is 2.72. The van der Waals surface area contributed by atoms with Crippen LogP contribution in [0, 0.1) is 0 Å². The molecule has 4 heteroatoms. The van der Waals surface area contributed by atoms with Crippen LogP contribution in [0.4, 0.5) is 0 Å². The summed E-state index contributed by atoms with van der Waals surface area (Å²) in [6.07, 6.45) is 2.07. The summed E-state index contributed by atoms with van der Waals surface area (Å²) in [6.45, 7) is 1.93. The summed E-state index contributed by atoms with van der Waals surface area (Å²) in [7, 11) is 0. The van der Waals surface area contributed by atoms with Crippen molar-refractivity contribution < 1.29 is 9.21 Å². The van der Waals surface area contributed by atoms with Gasteiger partial charge in [-0.15, -0.1) is 0 Å². The number of fused-ring (bicyclic) bond motifs is 1. The fourth-order valence-electron chi connectivity index (χ4n) is 2.49. The van der Waals surface area contributed by atoms with Crippen molar-refractivity contribution in [2.75, 3.05) is 6.26 Å². The van der Waals surface area contributed by atoms with E-state index in [9.17, 15) is 4.79 Å². The second kappa shape index (κ2) is 6.92. The Morgan fingerprint density at radius 2 is 1.91 bits per heavy atom. The van der Waals surface area contributed by atoms with Crippen LogP contribution in [0.3, 0.4) is 0 Å². The monoisotopic (exact) mass is 325 g/mol. The Bertz CT molecular complexity index is 775. The third kappa shape index (κ3) is 3.59. The molecule has 1 heterocycles. The highest BCUT2D eigenvalue weighted by molar-refractivity contribution is 7.97. The summed E-state index contributed by atoms with van der Waals surface area (Å²) in [5.74, 6) is 1.63. The number of thioether (sulfide) groups is 1. The standard InChI is InChI=1S/C19H19NO2S/c1-13(18-11-16-5-3-4-6-17(16)22-18)20-19(21)15-9-7-14(8-10-15)12-23-2/h3-11,13H,12H2,1-2H3,(H,20,21)/t13-/m0/s1. The predicted octanol–water partition coefficient (Wildman–Crippen LogP) is 4.79. The Morgan fingerprint density at radius 3 is 2.61 bits per heavy atom. The number of rotatable bonds is 5. The van der Waals surface area contributed by atoms with E-state index >= 15 is 0 Å². The van der Waals surface area contributed by atoms with E-state index in [0.29, 0.717) is 5.56 Å². The topological polar surface area (TPSA) is 42.2 Å². The van der Waals surface area contributed by atoms with E-state index in [-0.39, 0.29) is 11.9 Å². The third-order valence-electron chi connectivity index (χ3n) is 3.75. The van der Waals surface area contributed by atoms with Gasteiger partial charge in [-0.1, -0.05) is 30.3 Å². The van der Waals surface area contributed by atoms with Crippen molar-refractivity contribution in [3.8, 4) is 0 Å². The molecule has 0 unspecified atom stereocenters. The number of benzene rings is 2. The number of para-hydroxylation sites is 1. The SMILES string of the molecule is CSCc1ccc(C(=O)N[C@@H](C)c2cc3ccccc3o2)cc1. The van der Waals surface area contributed by atoms with Crippen LogP contribution in [0.5, 0.6) is 0 Å². The van der Waals surface area contributed by atoms with E-state index in [2.05, 4.69) is 11.6 Å². The Balaban J connectivity index is 1.71. The highest BCUT2D eigenvalue weighted by Gasteiger charge is 2.15. The van der Waals surface area contributed by atoms with Crippen molar-refractivity contribution in [1.82, 2.24) is 5.32 Å². The minimum atomic E-state index is -0.180. The number of amides is 1. The molecule has 1 amide bonds. The quantitative estimate of drug-likeness (QED) is 0.733. The predicted molar refractivity (Wildman–Crippen MR) is 95.8 cm³/mol. The molecule has 0 aliphatic heterocycles.